The van der Waals surface area contributed by atoms with Gasteiger partial charge in [0.05, 0.1) is 10.6 Å². The largest absolute Gasteiger partial charge is 0.444 e. The van der Waals surface area contributed by atoms with Crippen LogP contribution in [0.1, 0.15) is 18.2 Å². The van der Waals surface area contributed by atoms with E-state index >= 15 is 0 Å². The third-order valence-electron chi connectivity index (χ3n) is 3.89. The Kier molecular flexibility index (Phi) is 5.31. The summed E-state index contributed by atoms with van der Waals surface area (Å²) in [5, 5.41) is 0. The Bertz CT molecular complexity index is 917. The first-order chi connectivity index (χ1) is 12.1. The van der Waals surface area contributed by atoms with Crippen LogP contribution in [-0.4, -0.2) is 19.9 Å². The van der Waals surface area contributed by atoms with Gasteiger partial charge in [0, 0.05) is 18.5 Å². The number of sulfonamides is 1. The van der Waals surface area contributed by atoms with Gasteiger partial charge in [-0.2, -0.15) is 0 Å². The Labute approximate surface area is 147 Å². The first-order valence-corrected chi connectivity index (χ1v) is 9.65. The van der Waals surface area contributed by atoms with Crippen LogP contribution in [0.3, 0.4) is 0 Å². The number of aryl methyl sites for hydroxylation is 1. The van der Waals surface area contributed by atoms with E-state index in [-0.39, 0.29) is 11.4 Å². The molecule has 1 heterocycles. The van der Waals surface area contributed by atoms with Crippen LogP contribution in [0.2, 0.25) is 0 Å². The molecule has 1 aromatic heterocycles. The molecular weight excluding hydrogens is 336 g/mol. The maximum Gasteiger partial charge on any atom is 0.240 e. The summed E-state index contributed by atoms with van der Waals surface area (Å²) in [4.78, 5) is 4.67. The van der Waals surface area contributed by atoms with Crippen molar-refractivity contribution >= 4 is 10.0 Å². The number of hydrogen-bond acceptors (Lipinski definition) is 4. The van der Waals surface area contributed by atoms with Crippen molar-refractivity contribution < 1.29 is 12.8 Å². The highest BCUT2D eigenvalue weighted by Gasteiger charge is 2.14. The van der Waals surface area contributed by atoms with Gasteiger partial charge in [-0.05, 0) is 36.2 Å². The summed E-state index contributed by atoms with van der Waals surface area (Å²) in [6.07, 6.45) is 2.90. The Morgan fingerprint density at radius 1 is 1.04 bits per heavy atom. The van der Waals surface area contributed by atoms with Gasteiger partial charge >= 0.3 is 0 Å². The molecule has 0 aliphatic rings. The summed E-state index contributed by atoms with van der Waals surface area (Å²) in [6, 6.07) is 16.5. The molecule has 0 bridgehead atoms. The molecule has 3 aromatic rings. The van der Waals surface area contributed by atoms with Crippen molar-refractivity contribution in [2.24, 2.45) is 0 Å². The lowest BCUT2D eigenvalue weighted by Gasteiger charge is -2.06. The maximum absolute atomic E-state index is 12.3. The number of nitrogens with one attached hydrogen (secondary N) is 1. The minimum Gasteiger partial charge on any atom is -0.444 e. The zero-order valence-electron chi connectivity index (χ0n) is 14.0. The fourth-order valence-electron chi connectivity index (χ4n) is 2.44. The van der Waals surface area contributed by atoms with Gasteiger partial charge in [-0.25, -0.2) is 18.1 Å². The van der Waals surface area contributed by atoms with Gasteiger partial charge in [0.15, 0.2) is 0 Å². The molecule has 3 rings (SSSR count). The van der Waals surface area contributed by atoms with Crippen LogP contribution in [0.4, 0.5) is 0 Å². The molecule has 0 fully saturated rings. The van der Waals surface area contributed by atoms with Crippen LogP contribution >= 0.6 is 0 Å². The van der Waals surface area contributed by atoms with Crippen LogP contribution < -0.4 is 4.72 Å². The van der Waals surface area contributed by atoms with Crippen LogP contribution in [0.5, 0.6) is 0 Å². The molecule has 0 aliphatic carbocycles. The van der Waals surface area contributed by atoms with Gasteiger partial charge in [0.2, 0.25) is 15.9 Å². The normalized spacial score (nSPS) is 11.6. The Balaban J connectivity index is 1.59. The summed E-state index contributed by atoms with van der Waals surface area (Å²) >= 11 is 0. The van der Waals surface area contributed by atoms with Crippen LogP contribution in [0.15, 0.2) is 70.2 Å². The van der Waals surface area contributed by atoms with Gasteiger partial charge < -0.3 is 4.42 Å². The number of hydrogen-bond donors (Lipinski definition) is 1. The maximum atomic E-state index is 12.3. The van der Waals surface area contributed by atoms with Crippen molar-refractivity contribution in [3.8, 4) is 11.5 Å². The highest BCUT2D eigenvalue weighted by Crippen LogP contribution is 2.18. The molecule has 0 radical (unpaired) electrons. The quantitative estimate of drug-likeness (QED) is 0.704. The first kappa shape index (κ1) is 17.4. The van der Waals surface area contributed by atoms with Gasteiger partial charge in [-0.15, -0.1) is 0 Å². The van der Waals surface area contributed by atoms with E-state index in [0.29, 0.717) is 18.0 Å². The third kappa shape index (κ3) is 4.35. The molecule has 5 nitrogen and oxygen atoms in total. The fourth-order valence-corrected chi connectivity index (χ4v) is 3.47. The second-order valence-electron chi connectivity index (χ2n) is 5.66. The van der Waals surface area contributed by atoms with E-state index in [1.54, 1.807) is 18.4 Å². The lowest BCUT2D eigenvalue weighted by Crippen LogP contribution is -2.26. The Morgan fingerprint density at radius 2 is 1.76 bits per heavy atom. The predicted molar refractivity (Wildman–Crippen MR) is 96.7 cm³/mol. The summed E-state index contributed by atoms with van der Waals surface area (Å²) < 4.78 is 32.6. The second-order valence-corrected chi connectivity index (χ2v) is 7.42. The molecule has 0 aliphatic heterocycles. The average Bonchev–Trinajstić information content (AvgIpc) is 3.11. The van der Waals surface area contributed by atoms with Gasteiger partial charge in [-0.3, -0.25) is 0 Å². The summed E-state index contributed by atoms with van der Waals surface area (Å²) in [5.41, 5.74) is 2.71. The van der Waals surface area contributed by atoms with E-state index in [4.69, 9.17) is 4.42 Å². The molecule has 0 spiro atoms. The van der Waals surface area contributed by atoms with Crippen molar-refractivity contribution in [3.63, 3.8) is 0 Å². The number of benzene rings is 2. The lowest BCUT2D eigenvalue weighted by atomic mass is 10.2. The number of rotatable bonds is 7. The topological polar surface area (TPSA) is 72.2 Å². The molecule has 0 saturated heterocycles. The Hall–Kier alpha value is -2.44. The first-order valence-electron chi connectivity index (χ1n) is 8.17. The SMILES string of the molecule is CCc1ccc(S(=O)(=O)NCCc2coc(-c3ccccc3)n2)cc1. The molecule has 6 heteroatoms. The van der Waals surface area contributed by atoms with Gasteiger partial charge in [0.1, 0.15) is 6.26 Å². The molecule has 1 N–H and O–H groups in total. The van der Waals surface area contributed by atoms with E-state index in [9.17, 15) is 8.42 Å². The van der Waals surface area contributed by atoms with Crippen molar-refractivity contribution in [3.05, 3.63) is 72.1 Å². The van der Waals surface area contributed by atoms with Crippen LogP contribution in [0.25, 0.3) is 11.5 Å². The van der Waals surface area contributed by atoms with Crippen LogP contribution in [0, 0.1) is 0 Å². The molecule has 0 saturated carbocycles. The standard InChI is InChI=1S/C19H20N2O3S/c1-2-15-8-10-18(11-9-15)25(22,23)20-13-12-17-14-24-19(21-17)16-6-4-3-5-7-16/h3-11,14,20H,2,12-13H2,1H3. The highest BCUT2D eigenvalue weighted by molar-refractivity contribution is 7.89. The second kappa shape index (κ2) is 7.63. The average molecular weight is 356 g/mol. The number of aromatic nitrogens is 1. The molecule has 2 aromatic carbocycles. The van der Waals surface area contributed by atoms with Crippen molar-refractivity contribution in [1.82, 2.24) is 9.71 Å². The van der Waals surface area contributed by atoms with E-state index in [1.165, 1.54) is 0 Å². The number of oxazole rings is 1. The zero-order chi connectivity index (χ0) is 17.7. The van der Waals surface area contributed by atoms with Gasteiger partial charge in [0.25, 0.3) is 0 Å². The van der Waals surface area contributed by atoms with E-state index in [1.807, 2.05) is 49.4 Å². The molecule has 0 unspecified atom stereocenters. The molecule has 0 amide bonds. The fraction of sp³-hybridized carbons (Fsp3) is 0.211. The monoisotopic (exact) mass is 356 g/mol. The summed E-state index contributed by atoms with van der Waals surface area (Å²) in [5.74, 6) is 0.536. The van der Waals surface area contributed by atoms with Crippen molar-refractivity contribution in [2.75, 3.05) is 6.54 Å². The summed E-state index contributed by atoms with van der Waals surface area (Å²) in [7, 11) is -3.51. The minimum absolute atomic E-state index is 0.263. The predicted octanol–water partition coefficient (Wildman–Crippen LogP) is 3.43. The van der Waals surface area contributed by atoms with Crippen LogP contribution in [-0.2, 0) is 22.9 Å². The summed E-state index contributed by atoms with van der Waals surface area (Å²) in [6.45, 7) is 2.29. The molecular formula is C19H20N2O3S. The van der Waals surface area contributed by atoms with Crippen molar-refractivity contribution in [1.29, 1.82) is 0 Å². The highest BCUT2D eigenvalue weighted by atomic mass is 32.2. The molecule has 0 atom stereocenters. The third-order valence-corrected chi connectivity index (χ3v) is 5.36. The van der Waals surface area contributed by atoms with E-state index in [2.05, 4.69) is 9.71 Å². The van der Waals surface area contributed by atoms with E-state index in [0.717, 1.165) is 17.5 Å². The van der Waals surface area contributed by atoms with Crippen molar-refractivity contribution in [2.45, 2.75) is 24.7 Å². The minimum atomic E-state index is -3.51. The smallest absolute Gasteiger partial charge is 0.240 e. The zero-order valence-corrected chi connectivity index (χ0v) is 14.8. The lowest BCUT2D eigenvalue weighted by molar-refractivity contribution is 0.570. The molecule has 25 heavy (non-hydrogen) atoms. The number of nitrogens with zero attached hydrogens (tertiary/aromatic N) is 1. The van der Waals surface area contributed by atoms with Gasteiger partial charge in [-0.1, -0.05) is 37.3 Å². The molecule has 130 valence electrons. The Morgan fingerprint density at radius 3 is 2.44 bits per heavy atom. The van der Waals surface area contributed by atoms with E-state index < -0.39 is 10.0 Å².